The largest absolute Gasteiger partial charge is 0.508 e. The molecule has 1 fully saturated rings. The van der Waals surface area contributed by atoms with E-state index in [0.717, 1.165) is 36.0 Å². The van der Waals surface area contributed by atoms with Crippen molar-refractivity contribution in [1.29, 1.82) is 0 Å². The lowest BCUT2D eigenvalue weighted by molar-refractivity contribution is -0.156. The summed E-state index contributed by atoms with van der Waals surface area (Å²) in [6.07, 6.45) is 3.29. The van der Waals surface area contributed by atoms with Gasteiger partial charge in [-0.2, -0.15) is 0 Å². The van der Waals surface area contributed by atoms with Crippen LogP contribution in [0, 0.1) is 11.3 Å². The summed E-state index contributed by atoms with van der Waals surface area (Å²) in [5.41, 5.74) is 2.21. The van der Waals surface area contributed by atoms with Crippen molar-refractivity contribution in [3.63, 3.8) is 0 Å². The molecule has 3 rings (SSSR count). The monoisotopic (exact) mass is 286 g/mol. The molecule has 0 heterocycles. The van der Waals surface area contributed by atoms with E-state index < -0.39 is 11.4 Å². The van der Waals surface area contributed by atoms with Gasteiger partial charge in [0.05, 0.1) is 5.41 Å². The molecule has 2 aliphatic carbocycles. The van der Waals surface area contributed by atoms with Crippen LogP contribution >= 0.6 is 0 Å². The molecule has 0 saturated heterocycles. The third kappa shape index (κ3) is 1.83. The van der Waals surface area contributed by atoms with Gasteiger partial charge >= 0.3 is 5.97 Å². The summed E-state index contributed by atoms with van der Waals surface area (Å²) >= 11 is 0. The molecule has 1 aromatic rings. The number of carboxylic acid groups (broad SMARTS) is 1. The highest BCUT2D eigenvalue weighted by Crippen LogP contribution is 2.59. The normalized spacial score (nSPS) is 35.0. The molecular formula is C18H22O3. The first-order valence-electron chi connectivity index (χ1n) is 7.54. The number of benzene rings is 1. The molecule has 3 heteroatoms. The van der Waals surface area contributed by atoms with Gasteiger partial charge < -0.3 is 10.2 Å². The van der Waals surface area contributed by atoms with Gasteiger partial charge in [0.1, 0.15) is 5.75 Å². The zero-order valence-electron chi connectivity index (χ0n) is 12.6. The van der Waals surface area contributed by atoms with E-state index in [1.807, 2.05) is 13.0 Å². The number of allylic oxidation sites excluding steroid dienone is 1. The van der Waals surface area contributed by atoms with E-state index in [0.29, 0.717) is 6.42 Å². The smallest absolute Gasteiger partial charge is 0.309 e. The van der Waals surface area contributed by atoms with E-state index in [1.54, 1.807) is 12.1 Å². The minimum absolute atomic E-state index is 0.0260. The summed E-state index contributed by atoms with van der Waals surface area (Å²) in [6.45, 7) is 8.19. The average Bonchev–Trinajstić information content (AvgIpc) is 2.41. The maximum Gasteiger partial charge on any atom is 0.309 e. The highest BCUT2D eigenvalue weighted by Gasteiger charge is 2.55. The third-order valence-corrected chi connectivity index (χ3v) is 5.87. The van der Waals surface area contributed by atoms with Crippen LogP contribution in [-0.2, 0) is 10.2 Å². The predicted octanol–water partition coefficient (Wildman–Crippen LogP) is 3.96. The fraction of sp³-hybridized carbons (Fsp3) is 0.500. The number of carboxylic acids is 1. The van der Waals surface area contributed by atoms with Gasteiger partial charge in [0.15, 0.2) is 0 Å². The minimum atomic E-state index is -0.723. The van der Waals surface area contributed by atoms with Crippen LogP contribution in [0.25, 0.3) is 5.57 Å². The molecule has 2 unspecified atom stereocenters. The SMILES string of the molecule is C=C1CC2C(C)(CCC[C@]2(C)C(=O)O)c2cc(O)ccc21. The van der Waals surface area contributed by atoms with Crippen molar-refractivity contribution in [2.45, 2.75) is 44.9 Å². The van der Waals surface area contributed by atoms with Gasteiger partial charge in [0.25, 0.3) is 0 Å². The lowest BCUT2D eigenvalue weighted by atomic mass is 9.49. The Hall–Kier alpha value is -1.77. The highest BCUT2D eigenvalue weighted by molar-refractivity contribution is 5.78. The Bertz CT molecular complexity index is 633. The van der Waals surface area contributed by atoms with Crippen molar-refractivity contribution in [3.8, 4) is 5.75 Å². The number of phenols is 1. The summed E-state index contributed by atoms with van der Waals surface area (Å²) in [6, 6.07) is 5.41. The van der Waals surface area contributed by atoms with Gasteiger partial charge in [-0.25, -0.2) is 0 Å². The molecule has 2 aliphatic rings. The summed E-state index contributed by atoms with van der Waals surface area (Å²) in [4.78, 5) is 11.9. The number of hydrogen-bond donors (Lipinski definition) is 2. The fourth-order valence-electron chi connectivity index (χ4n) is 4.57. The van der Waals surface area contributed by atoms with E-state index in [9.17, 15) is 15.0 Å². The second-order valence-corrected chi connectivity index (χ2v) is 7.08. The lowest BCUT2D eigenvalue weighted by Crippen LogP contribution is -2.52. The van der Waals surface area contributed by atoms with Crippen molar-refractivity contribution in [2.75, 3.05) is 0 Å². The van der Waals surface area contributed by atoms with Crippen LogP contribution in [-0.4, -0.2) is 16.2 Å². The molecule has 0 bridgehead atoms. The Morgan fingerprint density at radius 2 is 2.05 bits per heavy atom. The molecule has 1 aromatic carbocycles. The molecule has 112 valence electrons. The van der Waals surface area contributed by atoms with E-state index in [4.69, 9.17) is 0 Å². The molecule has 0 aliphatic heterocycles. The molecular weight excluding hydrogens is 264 g/mol. The van der Waals surface area contributed by atoms with Gasteiger partial charge in [-0.05, 0) is 66.4 Å². The molecule has 0 radical (unpaired) electrons. The standard InChI is InChI=1S/C18H22O3/c1-11-9-15-17(2,7-4-8-18(15,3)16(20)21)14-10-12(19)5-6-13(11)14/h5-6,10,15,19H,1,4,7-9H2,2-3H3,(H,20,21)/t15?,17?,18-/m0/s1. The first-order chi connectivity index (χ1) is 9.79. The number of fused-ring (bicyclic) bond motifs is 3. The Kier molecular flexibility index (Phi) is 2.94. The summed E-state index contributed by atoms with van der Waals surface area (Å²) in [5, 5.41) is 19.6. The summed E-state index contributed by atoms with van der Waals surface area (Å²) < 4.78 is 0. The lowest BCUT2D eigenvalue weighted by Gasteiger charge is -2.54. The van der Waals surface area contributed by atoms with Gasteiger partial charge in [-0.1, -0.05) is 26.0 Å². The van der Waals surface area contributed by atoms with Crippen molar-refractivity contribution in [1.82, 2.24) is 0 Å². The van der Waals surface area contributed by atoms with Crippen molar-refractivity contribution < 1.29 is 15.0 Å². The number of hydrogen-bond acceptors (Lipinski definition) is 2. The Balaban J connectivity index is 2.21. The molecule has 2 N–H and O–H groups in total. The van der Waals surface area contributed by atoms with Gasteiger partial charge in [0.2, 0.25) is 0 Å². The van der Waals surface area contributed by atoms with Crippen LogP contribution in [0.4, 0.5) is 0 Å². The first-order valence-corrected chi connectivity index (χ1v) is 7.54. The molecule has 0 aromatic heterocycles. The van der Waals surface area contributed by atoms with Gasteiger partial charge in [0, 0.05) is 0 Å². The fourth-order valence-corrected chi connectivity index (χ4v) is 4.57. The predicted molar refractivity (Wildman–Crippen MR) is 82.2 cm³/mol. The van der Waals surface area contributed by atoms with Crippen LogP contribution in [0.5, 0.6) is 5.75 Å². The summed E-state index contributed by atoms with van der Waals surface area (Å²) in [7, 11) is 0. The van der Waals surface area contributed by atoms with Crippen LogP contribution in [0.15, 0.2) is 24.8 Å². The van der Waals surface area contributed by atoms with E-state index in [-0.39, 0.29) is 17.1 Å². The van der Waals surface area contributed by atoms with Gasteiger partial charge in [-0.15, -0.1) is 0 Å². The maximum atomic E-state index is 11.9. The number of rotatable bonds is 1. The first kappa shape index (κ1) is 14.2. The van der Waals surface area contributed by atoms with Gasteiger partial charge in [-0.3, -0.25) is 4.79 Å². The van der Waals surface area contributed by atoms with E-state index in [1.165, 1.54) is 0 Å². The Morgan fingerprint density at radius 3 is 2.71 bits per heavy atom. The Labute approximate surface area is 125 Å². The number of carbonyl (C=O) groups is 1. The minimum Gasteiger partial charge on any atom is -0.508 e. The Morgan fingerprint density at radius 1 is 1.33 bits per heavy atom. The van der Waals surface area contributed by atoms with Crippen molar-refractivity contribution >= 4 is 11.5 Å². The van der Waals surface area contributed by atoms with E-state index in [2.05, 4.69) is 13.5 Å². The van der Waals surface area contributed by atoms with Crippen molar-refractivity contribution in [3.05, 3.63) is 35.9 Å². The number of aliphatic carboxylic acids is 1. The molecule has 3 nitrogen and oxygen atoms in total. The van der Waals surface area contributed by atoms with Crippen LogP contribution in [0.3, 0.4) is 0 Å². The van der Waals surface area contributed by atoms with E-state index >= 15 is 0 Å². The molecule has 0 spiro atoms. The quantitative estimate of drug-likeness (QED) is 0.821. The second-order valence-electron chi connectivity index (χ2n) is 7.08. The number of aromatic hydroxyl groups is 1. The van der Waals surface area contributed by atoms with Crippen molar-refractivity contribution in [2.24, 2.45) is 11.3 Å². The van der Waals surface area contributed by atoms with Crippen LogP contribution in [0.1, 0.15) is 50.7 Å². The molecule has 21 heavy (non-hydrogen) atoms. The summed E-state index contributed by atoms with van der Waals surface area (Å²) in [5.74, 6) is -0.445. The van der Waals surface area contributed by atoms with Crippen LogP contribution < -0.4 is 0 Å². The second kappa shape index (κ2) is 4.36. The van der Waals surface area contributed by atoms with Crippen LogP contribution in [0.2, 0.25) is 0 Å². The topological polar surface area (TPSA) is 57.5 Å². The zero-order chi connectivity index (χ0) is 15.4. The maximum absolute atomic E-state index is 11.9. The average molecular weight is 286 g/mol. The molecule has 3 atom stereocenters. The molecule has 1 saturated carbocycles. The highest BCUT2D eigenvalue weighted by atomic mass is 16.4. The molecule has 0 amide bonds. The zero-order valence-corrected chi connectivity index (χ0v) is 12.6. The third-order valence-electron chi connectivity index (χ3n) is 5.87. The number of phenolic OH excluding ortho intramolecular Hbond substituents is 1.